The van der Waals surface area contributed by atoms with Crippen LogP contribution >= 0.6 is 39.0 Å². The van der Waals surface area contributed by atoms with Crippen molar-refractivity contribution in [3.05, 3.63) is 108 Å². The Balaban J connectivity index is 1.59. The fourth-order valence-corrected chi connectivity index (χ4v) is 6.07. The number of halogens is 1. The third kappa shape index (κ3) is 4.88. The van der Waals surface area contributed by atoms with Gasteiger partial charge in [-0.15, -0.1) is 0 Å². The zero-order valence-corrected chi connectivity index (χ0v) is 22.5. The first-order valence-corrected chi connectivity index (χ1v) is 13.5. The van der Waals surface area contributed by atoms with E-state index in [4.69, 9.17) is 9.15 Å². The first kappa shape index (κ1) is 24.5. The molecule has 5 rings (SSSR count). The molecule has 4 heterocycles. The van der Waals surface area contributed by atoms with Gasteiger partial charge in [0.25, 0.3) is 5.56 Å². The van der Waals surface area contributed by atoms with Gasteiger partial charge in [0, 0.05) is 16.7 Å². The third-order valence-electron chi connectivity index (χ3n) is 5.40. The number of ether oxygens (including phenoxy) is 1. The van der Waals surface area contributed by atoms with Crippen molar-refractivity contribution in [2.45, 2.75) is 30.0 Å². The van der Waals surface area contributed by atoms with Crippen LogP contribution in [0, 0.1) is 0 Å². The highest BCUT2D eigenvalue weighted by Gasteiger charge is 2.33. The molecule has 0 spiro atoms. The van der Waals surface area contributed by atoms with Crippen molar-refractivity contribution in [1.82, 2.24) is 9.55 Å². The van der Waals surface area contributed by atoms with Gasteiger partial charge in [-0.1, -0.05) is 45.5 Å². The Kier molecular flexibility index (Phi) is 7.08. The topological polar surface area (TPSA) is 86.7 Å². The zero-order valence-electron chi connectivity index (χ0n) is 19.3. The summed E-state index contributed by atoms with van der Waals surface area (Å²) in [7, 11) is 0. The minimum absolute atomic E-state index is 0.225. The number of allylic oxidation sites excluding steroid dienone is 1. The van der Waals surface area contributed by atoms with Crippen molar-refractivity contribution in [1.29, 1.82) is 0 Å². The van der Waals surface area contributed by atoms with Crippen LogP contribution in [0.2, 0.25) is 0 Å². The van der Waals surface area contributed by atoms with Crippen LogP contribution in [0.4, 0.5) is 0 Å². The number of hydrogen-bond acceptors (Lipinski definition) is 8. The molecule has 0 saturated carbocycles. The third-order valence-corrected chi connectivity index (χ3v) is 7.75. The molecule has 182 valence electrons. The number of benzene rings is 1. The second-order valence-electron chi connectivity index (χ2n) is 7.78. The molecule has 0 saturated heterocycles. The van der Waals surface area contributed by atoms with Gasteiger partial charge in [0.15, 0.2) is 9.89 Å². The SMILES string of the molecule is CCOC(=O)C1=C(C)N=c2s/c(=C\c3ccc(Sc4ccccn4)o3)c(=O)n2[C@H]1c1cccc(Br)c1. The standard InChI is InChI=1S/C26H20BrN3O4S2/c1-3-33-25(32)22-15(2)29-26-30(23(22)16-7-6-8-17(27)13-16)24(31)19(35-26)14-18-10-11-21(34-18)36-20-9-4-5-12-28-20/h4-14,23H,3H2,1-2H3/b19-14-/t23-/m0/s1. The van der Waals surface area contributed by atoms with E-state index < -0.39 is 12.0 Å². The maximum Gasteiger partial charge on any atom is 0.338 e. The molecule has 0 fully saturated rings. The van der Waals surface area contributed by atoms with Gasteiger partial charge in [-0.05, 0) is 67.6 Å². The van der Waals surface area contributed by atoms with Crippen molar-refractivity contribution >= 4 is 51.1 Å². The molecule has 0 amide bonds. The number of pyridine rings is 1. The highest BCUT2D eigenvalue weighted by molar-refractivity contribution is 9.10. The van der Waals surface area contributed by atoms with Crippen molar-refractivity contribution in [3.8, 4) is 0 Å². The highest BCUT2D eigenvalue weighted by Crippen LogP contribution is 2.32. The number of furan rings is 1. The molecule has 0 aliphatic carbocycles. The summed E-state index contributed by atoms with van der Waals surface area (Å²) >= 11 is 6.15. The average molecular weight is 583 g/mol. The van der Waals surface area contributed by atoms with Crippen LogP contribution < -0.4 is 14.9 Å². The smallest absolute Gasteiger partial charge is 0.338 e. The number of aromatic nitrogens is 2. The summed E-state index contributed by atoms with van der Waals surface area (Å²) in [6, 6.07) is 16.2. The summed E-state index contributed by atoms with van der Waals surface area (Å²) < 4.78 is 14.1. The minimum Gasteiger partial charge on any atom is -0.463 e. The lowest BCUT2D eigenvalue weighted by Crippen LogP contribution is -2.39. The Morgan fingerprint density at radius 3 is 2.86 bits per heavy atom. The number of nitrogens with zero attached hydrogens (tertiary/aromatic N) is 3. The van der Waals surface area contributed by atoms with E-state index in [1.54, 1.807) is 30.7 Å². The molecule has 0 N–H and O–H groups in total. The molecular formula is C26H20BrN3O4S2. The second-order valence-corrected chi connectivity index (χ2v) is 10.7. The van der Waals surface area contributed by atoms with Crippen molar-refractivity contribution in [2.75, 3.05) is 6.61 Å². The van der Waals surface area contributed by atoms with Crippen LogP contribution in [-0.2, 0) is 9.53 Å². The summed E-state index contributed by atoms with van der Waals surface area (Å²) in [5, 5.41) is 1.48. The first-order chi connectivity index (χ1) is 17.4. The largest absolute Gasteiger partial charge is 0.463 e. The second kappa shape index (κ2) is 10.4. The van der Waals surface area contributed by atoms with Crippen molar-refractivity contribution in [3.63, 3.8) is 0 Å². The number of carbonyl (C=O) groups excluding carboxylic acids is 1. The molecule has 36 heavy (non-hydrogen) atoms. The minimum atomic E-state index is -0.660. The van der Waals surface area contributed by atoms with E-state index in [1.165, 1.54) is 23.1 Å². The lowest BCUT2D eigenvalue weighted by atomic mass is 9.96. The Morgan fingerprint density at radius 2 is 2.11 bits per heavy atom. The van der Waals surface area contributed by atoms with E-state index in [9.17, 15) is 9.59 Å². The zero-order chi connectivity index (χ0) is 25.2. The van der Waals surface area contributed by atoms with E-state index in [0.717, 1.165) is 15.1 Å². The number of carbonyl (C=O) groups is 1. The van der Waals surface area contributed by atoms with E-state index in [1.807, 2.05) is 54.6 Å². The quantitative estimate of drug-likeness (QED) is 0.307. The van der Waals surface area contributed by atoms with Gasteiger partial charge < -0.3 is 9.15 Å². The van der Waals surface area contributed by atoms with Gasteiger partial charge in [0.05, 0.1) is 28.5 Å². The summed E-state index contributed by atoms with van der Waals surface area (Å²) in [6.45, 7) is 3.74. The predicted molar refractivity (Wildman–Crippen MR) is 142 cm³/mol. The van der Waals surface area contributed by atoms with Crippen LogP contribution in [0.3, 0.4) is 0 Å². The Bertz CT molecular complexity index is 1650. The molecule has 0 unspecified atom stereocenters. The van der Waals surface area contributed by atoms with E-state index in [2.05, 4.69) is 25.9 Å². The number of thiazole rings is 1. The summed E-state index contributed by atoms with van der Waals surface area (Å²) in [4.78, 5) is 36.0. The Morgan fingerprint density at radius 1 is 1.25 bits per heavy atom. The molecule has 4 aromatic rings. The van der Waals surface area contributed by atoms with E-state index in [0.29, 0.717) is 31.5 Å². The number of fused-ring (bicyclic) bond motifs is 1. The van der Waals surface area contributed by atoms with E-state index >= 15 is 0 Å². The fourth-order valence-electron chi connectivity index (χ4n) is 3.89. The molecule has 7 nitrogen and oxygen atoms in total. The highest BCUT2D eigenvalue weighted by atomic mass is 79.9. The normalized spacial score (nSPS) is 15.5. The number of rotatable bonds is 6. The van der Waals surface area contributed by atoms with Crippen molar-refractivity contribution in [2.24, 2.45) is 4.99 Å². The molecule has 1 aliphatic heterocycles. The van der Waals surface area contributed by atoms with Crippen LogP contribution in [0.25, 0.3) is 6.08 Å². The molecule has 10 heteroatoms. The first-order valence-electron chi connectivity index (χ1n) is 11.1. The Labute approximate surface area is 223 Å². The van der Waals surface area contributed by atoms with Gasteiger partial charge >= 0.3 is 5.97 Å². The average Bonchev–Trinajstić information content (AvgIpc) is 3.42. The van der Waals surface area contributed by atoms with Gasteiger partial charge in [0.2, 0.25) is 0 Å². The molecule has 0 bridgehead atoms. The van der Waals surface area contributed by atoms with Gasteiger partial charge in [-0.25, -0.2) is 14.8 Å². The predicted octanol–water partition coefficient (Wildman–Crippen LogP) is 4.70. The molecule has 1 aliphatic rings. The Hall–Kier alpha value is -3.21. The fraction of sp³-hybridized carbons (Fsp3) is 0.154. The lowest BCUT2D eigenvalue weighted by Gasteiger charge is -2.24. The molecular weight excluding hydrogens is 562 g/mol. The van der Waals surface area contributed by atoms with E-state index in [-0.39, 0.29) is 12.2 Å². The maximum absolute atomic E-state index is 13.7. The molecule has 1 aromatic carbocycles. The van der Waals surface area contributed by atoms with Crippen LogP contribution in [0.1, 0.15) is 31.2 Å². The summed E-state index contributed by atoms with van der Waals surface area (Å²) in [5.74, 6) is 0.0549. The monoisotopic (exact) mass is 581 g/mol. The summed E-state index contributed by atoms with van der Waals surface area (Å²) in [5.41, 5.74) is 1.40. The van der Waals surface area contributed by atoms with Crippen LogP contribution in [-0.4, -0.2) is 22.1 Å². The number of esters is 1. The molecule has 3 aromatic heterocycles. The van der Waals surface area contributed by atoms with Gasteiger partial charge in [-0.3, -0.25) is 9.36 Å². The molecule has 0 radical (unpaired) electrons. The lowest BCUT2D eigenvalue weighted by molar-refractivity contribution is -0.139. The maximum atomic E-state index is 13.7. The van der Waals surface area contributed by atoms with Crippen molar-refractivity contribution < 1.29 is 13.9 Å². The van der Waals surface area contributed by atoms with Gasteiger partial charge in [0.1, 0.15) is 10.8 Å². The van der Waals surface area contributed by atoms with Gasteiger partial charge in [-0.2, -0.15) is 0 Å². The van der Waals surface area contributed by atoms with Crippen LogP contribution in [0.15, 0.2) is 101 Å². The summed E-state index contributed by atoms with van der Waals surface area (Å²) in [6.07, 6.45) is 3.43. The van der Waals surface area contributed by atoms with Crippen LogP contribution in [0.5, 0.6) is 0 Å². The number of hydrogen-bond donors (Lipinski definition) is 0. The molecule has 1 atom stereocenters.